The first-order chi connectivity index (χ1) is 9.00. The quantitative estimate of drug-likeness (QED) is 0.695. The molecule has 1 aliphatic heterocycles. The predicted octanol–water partition coefficient (Wildman–Crippen LogP) is 1.15. The summed E-state index contributed by atoms with van der Waals surface area (Å²) in [6, 6.07) is 0.663. The van der Waals surface area contributed by atoms with E-state index in [9.17, 15) is 5.11 Å². The molecule has 1 rings (SSSR count). The van der Waals surface area contributed by atoms with E-state index in [4.69, 9.17) is 0 Å². The molecule has 0 aliphatic carbocycles. The molecule has 0 saturated carbocycles. The van der Waals surface area contributed by atoms with E-state index in [1.165, 1.54) is 13.1 Å². The molecule has 1 unspecified atom stereocenters. The van der Waals surface area contributed by atoms with Crippen LogP contribution in [0.2, 0.25) is 0 Å². The Labute approximate surface area is 119 Å². The van der Waals surface area contributed by atoms with Crippen molar-refractivity contribution in [1.29, 1.82) is 0 Å². The topological polar surface area (TPSA) is 38.7 Å². The van der Waals surface area contributed by atoms with E-state index in [-0.39, 0.29) is 12.1 Å². The molecule has 0 aromatic heterocycles. The maximum absolute atomic E-state index is 9.57. The number of aliphatic hydroxyl groups is 1. The van der Waals surface area contributed by atoms with Crippen LogP contribution in [0.25, 0.3) is 0 Å². The monoisotopic (exact) mass is 271 g/mol. The molecule has 2 N–H and O–H groups in total. The zero-order valence-electron chi connectivity index (χ0n) is 13.3. The minimum absolute atomic E-state index is 0.120. The molecule has 0 aromatic rings. The molecule has 1 atom stereocenters. The summed E-state index contributed by atoms with van der Waals surface area (Å²) in [6.45, 7) is 15.8. The third-order valence-corrected chi connectivity index (χ3v) is 4.27. The summed E-state index contributed by atoms with van der Waals surface area (Å²) in [6.07, 6.45) is 2.13. The molecule has 0 bridgehead atoms. The van der Waals surface area contributed by atoms with Gasteiger partial charge >= 0.3 is 0 Å². The lowest BCUT2D eigenvalue weighted by atomic mass is 9.98. The van der Waals surface area contributed by atoms with Crippen molar-refractivity contribution < 1.29 is 5.11 Å². The highest BCUT2D eigenvalue weighted by atomic mass is 16.3. The van der Waals surface area contributed by atoms with E-state index in [2.05, 4.69) is 42.8 Å². The lowest BCUT2D eigenvalue weighted by molar-refractivity contribution is 0.0910. The van der Waals surface area contributed by atoms with E-state index in [0.717, 1.165) is 39.0 Å². The summed E-state index contributed by atoms with van der Waals surface area (Å²) >= 11 is 0. The molecule has 1 saturated heterocycles. The van der Waals surface area contributed by atoms with Crippen molar-refractivity contribution in [2.45, 2.75) is 52.1 Å². The summed E-state index contributed by atoms with van der Waals surface area (Å²) in [5.41, 5.74) is -0.120. The van der Waals surface area contributed by atoms with Gasteiger partial charge in [-0.05, 0) is 40.2 Å². The summed E-state index contributed by atoms with van der Waals surface area (Å²) in [5.74, 6) is 0. The van der Waals surface area contributed by atoms with Crippen LogP contribution in [0, 0.1) is 0 Å². The minimum atomic E-state index is -0.120. The summed E-state index contributed by atoms with van der Waals surface area (Å²) in [5, 5.41) is 13.0. The Morgan fingerprint density at radius 1 is 1.21 bits per heavy atom. The zero-order valence-corrected chi connectivity index (χ0v) is 13.3. The number of hydrogen-bond donors (Lipinski definition) is 2. The Morgan fingerprint density at radius 2 is 1.84 bits per heavy atom. The highest BCUT2D eigenvalue weighted by molar-refractivity contribution is 4.84. The van der Waals surface area contributed by atoms with Gasteiger partial charge in [-0.25, -0.2) is 0 Å². The Balaban J connectivity index is 2.28. The largest absolute Gasteiger partial charge is 0.394 e. The number of hydrogen-bond acceptors (Lipinski definition) is 4. The van der Waals surface area contributed by atoms with Crippen molar-refractivity contribution >= 4 is 0 Å². The molecule has 0 spiro atoms. The van der Waals surface area contributed by atoms with E-state index in [1.807, 2.05) is 0 Å². The van der Waals surface area contributed by atoms with Crippen molar-refractivity contribution in [3.05, 3.63) is 0 Å². The first kappa shape index (κ1) is 16.9. The van der Waals surface area contributed by atoms with Gasteiger partial charge in [-0.2, -0.15) is 0 Å². The highest BCUT2D eigenvalue weighted by Crippen LogP contribution is 2.12. The first-order valence-corrected chi connectivity index (χ1v) is 7.83. The molecule has 0 radical (unpaired) electrons. The molecule has 19 heavy (non-hydrogen) atoms. The van der Waals surface area contributed by atoms with Crippen LogP contribution in [0.5, 0.6) is 0 Å². The standard InChI is InChI=1S/C15H33N3O/c1-5-7-16-15(4,13-19)6-8-17-9-11-18(12-10-17)14(2)3/h14,16,19H,5-13H2,1-4H3. The second kappa shape index (κ2) is 8.20. The maximum atomic E-state index is 9.57. The molecule has 0 amide bonds. The van der Waals surface area contributed by atoms with Gasteiger partial charge in [0.05, 0.1) is 6.61 Å². The number of rotatable bonds is 8. The predicted molar refractivity (Wildman–Crippen MR) is 81.6 cm³/mol. The van der Waals surface area contributed by atoms with Crippen molar-refractivity contribution in [3.8, 4) is 0 Å². The maximum Gasteiger partial charge on any atom is 0.0611 e. The average Bonchev–Trinajstić information content (AvgIpc) is 2.43. The third-order valence-electron chi connectivity index (χ3n) is 4.27. The minimum Gasteiger partial charge on any atom is -0.394 e. The molecule has 114 valence electrons. The van der Waals surface area contributed by atoms with Crippen LogP contribution in [-0.4, -0.2) is 72.4 Å². The van der Waals surface area contributed by atoms with Crippen LogP contribution in [-0.2, 0) is 0 Å². The van der Waals surface area contributed by atoms with Gasteiger partial charge in [-0.3, -0.25) is 4.90 Å². The summed E-state index contributed by atoms with van der Waals surface area (Å²) in [7, 11) is 0. The van der Waals surface area contributed by atoms with Gasteiger partial charge in [0, 0.05) is 44.3 Å². The highest BCUT2D eigenvalue weighted by Gasteiger charge is 2.25. The Hall–Kier alpha value is -0.160. The van der Waals surface area contributed by atoms with Gasteiger partial charge in [0.15, 0.2) is 0 Å². The van der Waals surface area contributed by atoms with Gasteiger partial charge in [-0.15, -0.1) is 0 Å². The van der Waals surface area contributed by atoms with E-state index < -0.39 is 0 Å². The van der Waals surface area contributed by atoms with Crippen LogP contribution in [0.4, 0.5) is 0 Å². The van der Waals surface area contributed by atoms with Gasteiger partial charge in [0.25, 0.3) is 0 Å². The zero-order chi connectivity index (χ0) is 14.3. The van der Waals surface area contributed by atoms with Gasteiger partial charge in [0.1, 0.15) is 0 Å². The Bertz CT molecular complexity index is 240. The van der Waals surface area contributed by atoms with Gasteiger partial charge in [-0.1, -0.05) is 6.92 Å². The van der Waals surface area contributed by atoms with E-state index in [1.54, 1.807) is 0 Å². The smallest absolute Gasteiger partial charge is 0.0611 e. The molecular formula is C15H33N3O. The molecule has 1 fully saturated rings. The van der Waals surface area contributed by atoms with Crippen LogP contribution in [0.15, 0.2) is 0 Å². The second-order valence-electron chi connectivity index (χ2n) is 6.37. The fourth-order valence-electron chi connectivity index (χ4n) is 2.56. The lowest BCUT2D eigenvalue weighted by Crippen LogP contribution is -2.52. The second-order valence-corrected chi connectivity index (χ2v) is 6.37. The van der Waals surface area contributed by atoms with Crippen molar-refractivity contribution in [1.82, 2.24) is 15.1 Å². The molecule has 4 nitrogen and oxygen atoms in total. The normalized spacial score (nSPS) is 21.8. The van der Waals surface area contributed by atoms with Crippen LogP contribution < -0.4 is 5.32 Å². The molecule has 0 aromatic carbocycles. The third kappa shape index (κ3) is 5.78. The van der Waals surface area contributed by atoms with Gasteiger partial charge < -0.3 is 15.3 Å². The van der Waals surface area contributed by atoms with E-state index in [0.29, 0.717) is 6.04 Å². The fourth-order valence-corrected chi connectivity index (χ4v) is 2.56. The molecule has 1 heterocycles. The number of aliphatic hydroxyl groups excluding tert-OH is 1. The van der Waals surface area contributed by atoms with Crippen molar-refractivity contribution in [2.75, 3.05) is 45.9 Å². The Kier molecular flexibility index (Phi) is 7.29. The Morgan fingerprint density at radius 3 is 2.32 bits per heavy atom. The van der Waals surface area contributed by atoms with Crippen molar-refractivity contribution in [2.24, 2.45) is 0 Å². The summed E-state index contributed by atoms with van der Waals surface area (Å²) in [4.78, 5) is 5.07. The van der Waals surface area contributed by atoms with E-state index >= 15 is 0 Å². The number of nitrogens with one attached hydrogen (secondary N) is 1. The van der Waals surface area contributed by atoms with Crippen LogP contribution in [0.1, 0.15) is 40.5 Å². The van der Waals surface area contributed by atoms with Crippen LogP contribution in [0.3, 0.4) is 0 Å². The molecule has 4 heteroatoms. The van der Waals surface area contributed by atoms with Gasteiger partial charge in [0.2, 0.25) is 0 Å². The summed E-state index contributed by atoms with van der Waals surface area (Å²) < 4.78 is 0. The number of piperazine rings is 1. The van der Waals surface area contributed by atoms with Crippen LogP contribution >= 0.6 is 0 Å². The molecular weight excluding hydrogens is 238 g/mol. The SMILES string of the molecule is CCCNC(C)(CO)CCN1CCN(C(C)C)CC1. The fraction of sp³-hybridized carbons (Fsp3) is 1.00. The molecule has 1 aliphatic rings. The number of nitrogens with zero attached hydrogens (tertiary/aromatic N) is 2. The van der Waals surface area contributed by atoms with Crippen molar-refractivity contribution in [3.63, 3.8) is 0 Å². The first-order valence-electron chi connectivity index (χ1n) is 7.83. The lowest BCUT2D eigenvalue weighted by Gasteiger charge is -2.38. The average molecular weight is 271 g/mol.